The number of rotatable bonds is 4. The van der Waals surface area contributed by atoms with Gasteiger partial charge in [0.15, 0.2) is 6.04 Å². The van der Waals surface area contributed by atoms with Gasteiger partial charge in [0.05, 0.1) is 11.7 Å². The topological polar surface area (TPSA) is 99.8 Å². The van der Waals surface area contributed by atoms with Crippen LogP contribution in [0.3, 0.4) is 0 Å². The fourth-order valence-corrected chi connectivity index (χ4v) is 1.46. The normalized spacial score (nSPS) is 14.1. The smallest absolute Gasteiger partial charge is 0.328 e. The lowest BCUT2D eigenvalue weighted by molar-refractivity contribution is -0.141. The van der Waals surface area contributed by atoms with Crippen molar-refractivity contribution in [2.24, 2.45) is 0 Å². The minimum absolute atomic E-state index is 0.273. The number of carboxylic acids is 1. The summed E-state index contributed by atoms with van der Waals surface area (Å²) in [4.78, 5) is 22.6. The van der Waals surface area contributed by atoms with Crippen molar-refractivity contribution < 1.29 is 24.2 Å². The SMILES string of the molecule is Cc1cc(C(=O)N[C@H](C(=O)O)[C@@H](C)O)c(C)o1. The quantitative estimate of drug-likeness (QED) is 0.711. The van der Waals surface area contributed by atoms with E-state index in [1.807, 2.05) is 0 Å². The largest absolute Gasteiger partial charge is 0.480 e. The average molecular weight is 241 g/mol. The maximum Gasteiger partial charge on any atom is 0.328 e. The van der Waals surface area contributed by atoms with Gasteiger partial charge >= 0.3 is 5.97 Å². The third kappa shape index (κ3) is 3.07. The Hall–Kier alpha value is -1.82. The van der Waals surface area contributed by atoms with Gasteiger partial charge in [-0.15, -0.1) is 0 Å². The lowest BCUT2D eigenvalue weighted by Crippen LogP contribution is -2.47. The Morgan fingerprint density at radius 3 is 2.35 bits per heavy atom. The van der Waals surface area contributed by atoms with Gasteiger partial charge in [-0.25, -0.2) is 4.79 Å². The zero-order valence-electron chi connectivity index (χ0n) is 9.85. The number of aryl methyl sites for hydroxylation is 2. The summed E-state index contributed by atoms with van der Waals surface area (Å²) in [7, 11) is 0. The first-order valence-electron chi connectivity index (χ1n) is 5.11. The first kappa shape index (κ1) is 13.2. The van der Waals surface area contributed by atoms with Crippen LogP contribution in [0.5, 0.6) is 0 Å². The van der Waals surface area contributed by atoms with E-state index in [0.29, 0.717) is 11.5 Å². The van der Waals surface area contributed by atoms with Crippen LogP contribution in [0.15, 0.2) is 10.5 Å². The third-order valence-corrected chi connectivity index (χ3v) is 2.32. The number of nitrogens with one attached hydrogen (secondary N) is 1. The number of hydrogen-bond acceptors (Lipinski definition) is 4. The van der Waals surface area contributed by atoms with Gasteiger partial charge in [0.1, 0.15) is 11.5 Å². The van der Waals surface area contributed by atoms with Crippen molar-refractivity contribution in [3.63, 3.8) is 0 Å². The lowest BCUT2D eigenvalue weighted by atomic mass is 10.1. The van der Waals surface area contributed by atoms with Crippen LogP contribution >= 0.6 is 0 Å². The number of carboxylic acid groups (broad SMARTS) is 1. The summed E-state index contributed by atoms with van der Waals surface area (Å²) >= 11 is 0. The predicted octanol–water partition coefficient (Wildman–Crippen LogP) is 0.460. The number of amides is 1. The molecule has 1 amide bonds. The molecular weight excluding hydrogens is 226 g/mol. The van der Waals surface area contributed by atoms with Gasteiger partial charge in [-0.05, 0) is 26.8 Å². The second kappa shape index (κ2) is 5.01. The van der Waals surface area contributed by atoms with E-state index in [1.54, 1.807) is 13.8 Å². The van der Waals surface area contributed by atoms with Crippen LogP contribution in [-0.4, -0.2) is 34.2 Å². The van der Waals surface area contributed by atoms with E-state index in [1.165, 1.54) is 13.0 Å². The van der Waals surface area contributed by atoms with E-state index in [-0.39, 0.29) is 5.56 Å². The van der Waals surface area contributed by atoms with Gasteiger partial charge in [-0.3, -0.25) is 4.79 Å². The molecule has 0 aliphatic carbocycles. The van der Waals surface area contributed by atoms with E-state index >= 15 is 0 Å². The summed E-state index contributed by atoms with van der Waals surface area (Å²) in [5.41, 5.74) is 0.273. The summed E-state index contributed by atoms with van der Waals surface area (Å²) < 4.78 is 5.17. The average Bonchev–Trinajstić information content (AvgIpc) is 2.53. The number of aliphatic hydroxyl groups excluding tert-OH is 1. The molecule has 0 aromatic carbocycles. The number of aliphatic hydroxyl groups is 1. The second-order valence-electron chi connectivity index (χ2n) is 3.86. The highest BCUT2D eigenvalue weighted by molar-refractivity contribution is 5.97. The van der Waals surface area contributed by atoms with E-state index in [9.17, 15) is 14.7 Å². The summed E-state index contributed by atoms with van der Waals surface area (Å²) in [6.45, 7) is 4.60. The van der Waals surface area contributed by atoms with Crippen molar-refractivity contribution in [3.8, 4) is 0 Å². The molecule has 1 rings (SSSR count). The zero-order valence-corrected chi connectivity index (χ0v) is 9.85. The van der Waals surface area contributed by atoms with Gasteiger partial charge < -0.3 is 19.9 Å². The molecular formula is C11H15NO5. The summed E-state index contributed by atoms with van der Waals surface area (Å²) in [6.07, 6.45) is -1.18. The van der Waals surface area contributed by atoms with Gasteiger partial charge in [0.25, 0.3) is 5.91 Å². The maximum atomic E-state index is 11.8. The maximum absolute atomic E-state index is 11.8. The van der Waals surface area contributed by atoms with E-state index in [4.69, 9.17) is 9.52 Å². The third-order valence-electron chi connectivity index (χ3n) is 2.32. The van der Waals surface area contributed by atoms with Crippen molar-refractivity contribution in [1.82, 2.24) is 5.32 Å². The van der Waals surface area contributed by atoms with Crippen molar-refractivity contribution >= 4 is 11.9 Å². The van der Waals surface area contributed by atoms with Crippen molar-refractivity contribution in [1.29, 1.82) is 0 Å². The van der Waals surface area contributed by atoms with E-state index in [0.717, 1.165) is 0 Å². The fraction of sp³-hybridized carbons (Fsp3) is 0.455. The van der Waals surface area contributed by atoms with Crippen LogP contribution in [0.1, 0.15) is 28.8 Å². The molecule has 0 unspecified atom stereocenters. The highest BCUT2D eigenvalue weighted by Gasteiger charge is 2.26. The minimum Gasteiger partial charge on any atom is -0.480 e. The molecule has 1 aromatic rings. The Morgan fingerprint density at radius 1 is 1.41 bits per heavy atom. The number of aliphatic carboxylic acids is 1. The van der Waals surface area contributed by atoms with E-state index in [2.05, 4.69) is 5.32 Å². The van der Waals surface area contributed by atoms with Crippen LogP contribution in [0, 0.1) is 13.8 Å². The minimum atomic E-state index is -1.34. The van der Waals surface area contributed by atoms with Gasteiger partial charge in [0, 0.05) is 0 Å². The number of carbonyl (C=O) groups excluding carboxylic acids is 1. The van der Waals surface area contributed by atoms with Crippen molar-refractivity contribution in [2.75, 3.05) is 0 Å². The van der Waals surface area contributed by atoms with Crippen molar-refractivity contribution in [2.45, 2.75) is 32.9 Å². The predicted molar refractivity (Wildman–Crippen MR) is 58.8 cm³/mol. The fourth-order valence-electron chi connectivity index (χ4n) is 1.46. The van der Waals surface area contributed by atoms with Crippen LogP contribution in [0.2, 0.25) is 0 Å². The zero-order chi connectivity index (χ0) is 13.2. The van der Waals surface area contributed by atoms with Crippen LogP contribution in [0.4, 0.5) is 0 Å². The Bertz CT molecular complexity index is 435. The Morgan fingerprint density at radius 2 is 2.00 bits per heavy atom. The van der Waals surface area contributed by atoms with Gasteiger partial charge in [0.2, 0.25) is 0 Å². The molecule has 2 atom stereocenters. The van der Waals surface area contributed by atoms with Crippen LogP contribution in [0.25, 0.3) is 0 Å². The summed E-state index contributed by atoms with van der Waals surface area (Å²) in [5, 5.41) is 20.3. The number of furan rings is 1. The number of carbonyl (C=O) groups is 2. The molecule has 1 aromatic heterocycles. The highest BCUT2D eigenvalue weighted by Crippen LogP contribution is 2.13. The summed E-state index contributed by atoms with van der Waals surface area (Å²) in [5.74, 6) is -0.884. The molecule has 0 radical (unpaired) electrons. The lowest BCUT2D eigenvalue weighted by Gasteiger charge is -2.16. The van der Waals surface area contributed by atoms with Gasteiger partial charge in [-0.2, -0.15) is 0 Å². The molecule has 17 heavy (non-hydrogen) atoms. The first-order valence-corrected chi connectivity index (χ1v) is 5.11. The van der Waals surface area contributed by atoms with Crippen LogP contribution in [-0.2, 0) is 4.79 Å². The van der Waals surface area contributed by atoms with Crippen molar-refractivity contribution in [3.05, 3.63) is 23.2 Å². The molecule has 6 heteroatoms. The second-order valence-corrected chi connectivity index (χ2v) is 3.86. The molecule has 0 spiro atoms. The van der Waals surface area contributed by atoms with E-state index < -0.39 is 24.0 Å². The monoisotopic (exact) mass is 241 g/mol. The molecule has 0 aliphatic rings. The molecule has 94 valence electrons. The molecule has 0 aliphatic heterocycles. The summed E-state index contributed by atoms with van der Waals surface area (Å²) in [6, 6.07) is 0.183. The molecule has 0 fully saturated rings. The molecule has 0 bridgehead atoms. The Labute approximate surface area is 98.2 Å². The van der Waals surface area contributed by atoms with Crippen LogP contribution < -0.4 is 5.32 Å². The number of hydrogen-bond donors (Lipinski definition) is 3. The molecule has 6 nitrogen and oxygen atoms in total. The molecule has 1 heterocycles. The Balaban J connectivity index is 2.85. The molecule has 3 N–H and O–H groups in total. The Kier molecular flexibility index (Phi) is 3.90. The first-order chi connectivity index (χ1) is 7.82. The molecule has 0 saturated carbocycles. The van der Waals surface area contributed by atoms with Gasteiger partial charge in [-0.1, -0.05) is 0 Å². The highest BCUT2D eigenvalue weighted by atomic mass is 16.4. The standard InChI is InChI=1S/C11H15NO5/c1-5-4-8(7(3)17-5)10(14)12-9(6(2)13)11(15)16/h4,6,9,13H,1-3H3,(H,12,14)(H,15,16)/t6-,9+/m1/s1. The molecule has 0 saturated heterocycles.